The second-order valence-corrected chi connectivity index (χ2v) is 4.76. The van der Waals surface area contributed by atoms with Crippen LogP contribution in [0.2, 0.25) is 0 Å². The van der Waals surface area contributed by atoms with Crippen LogP contribution in [0.4, 0.5) is 0 Å². The van der Waals surface area contributed by atoms with Gasteiger partial charge in [-0.1, -0.05) is 19.8 Å². The summed E-state index contributed by atoms with van der Waals surface area (Å²) in [6.07, 6.45) is 1.79. The Bertz CT molecular complexity index is 238. The second kappa shape index (κ2) is 6.93. The van der Waals surface area contributed by atoms with Gasteiger partial charge in [0.25, 0.3) is 0 Å². The first-order valence-electron chi connectivity index (χ1n) is 6.44. The van der Waals surface area contributed by atoms with E-state index >= 15 is 0 Å². The third kappa shape index (κ3) is 4.26. The van der Waals surface area contributed by atoms with E-state index in [1.165, 1.54) is 0 Å². The normalized spacial score (nSPS) is 27.1. The largest absolute Gasteiger partial charge is 0.389 e. The van der Waals surface area contributed by atoms with E-state index in [9.17, 15) is 15.0 Å². The molecule has 5 nitrogen and oxygen atoms in total. The first-order valence-corrected chi connectivity index (χ1v) is 6.44. The van der Waals surface area contributed by atoms with Crippen LogP contribution in [0.3, 0.4) is 0 Å². The minimum Gasteiger partial charge on any atom is -0.389 e. The van der Waals surface area contributed by atoms with Gasteiger partial charge in [0, 0.05) is 19.6 Å². The zero-order chi connectivity index (χ0) is 12.8. The lowest BCUT2D eigenvalue weighted by Gasteiger charge is -2.22. The fraction of sp³-hybridized carbons (Fsp3) is 0.917. The maximum atomic E-state index is 11.8. The fourth-order valence-corrected chi connectivity index (χ4v) is 2.01. The van der Waals surface area contributed by atoms with Crippen LogP contribution in [0.25, 0.3) is 0 Å². The lowest BCUT2D eigenvalue weighted by atomic mass is 10.2. The molecule has 0 spiro atoms. The highest BCUT2D eigenvalue weighted by Gasteiger charge is 2.34. The van der Waals surface area contributed by atoms with Crippen molar-refractivity contribution < 1.29 is 15.0 Å². The molecule has 100 valence electrons. The maximum Gasteiger partial charge on any atom is 0.237 e. The van der Waals surface area contributed by atoms with E-state index in [-0.39, 0.29) is 11.9 Å². The van der Waals surface area contributed by atoms with Crippen molar-refractivity contribution in [1.29, 1.82) is 0 Å². The van der Waals surface area contributed by atoms with Crippen LogP contribution in [-0.4, -0.2) is 58.9 Å². The third-order valence-electron chi connectivity index (χ3n) is 3.29. The monoisotopic (exact) mass is 244 g/mol. The van der Waals surface area contributed by atoms with Crippen LogP contribution in [0.5, 0.6) is 0 Å². The molecule has 1 saturated heterocycles. The van der Waals surface area contributed by atoms with Crippen molar-refractivity contribution in [2.75, 3.05) is 19.6 Å². The topological polar surface area (TPSA) is 72.8 Å². The molecule has 17 heavy (non-hydrogen) atoms. The SMILES string of the molecule is CCCCCNC(=O)C(C)N1C[C@@H](O)[C@@H](O)C1. The molecule has 0 saturated carbocycles. The maximum absolute atomic E-state index is 11.8. The summed E-state index contributed by atoms with van der Waals surface area (Å²) < 4.78 is 0. The smallest absolute Gasteiger partial charge is 0.237 e. The van der Waals surface area contributed by atoms with Crippen LogP contribution in [-0.2, 0) is 4.79 Å². The molecule has 1 fully saturated rings. The molecule has 1 aliphatic heterocycles. The highest BCUT2D eigenvalue weighted by molar-refractivity contribution is 5.81. The highest BCUT2D eigenvalue weighted by atomic mass is 16.3. The number of carbonyl (C=O) groups is 1. The second-order valence-electron chi connectivity index (χ2n) is 4.76. The Kier molecular flexibility index (Phi) is 5.88. The molecular weight excluding hydrogens is 220 g/mol. The Hall–Kier alpha value is -0.650. The molecule has 1 aliphatic rings. The number of rotatable bonds is 6. The van der Waals surface area contributed by atoms with Gasteiger partial charge in [0.1, 0.15) is 0 Å². The molecule has 0 aromatic carbocycles. The Balaban J connectivity index is 2.27. The average molecular weight is 244 g/mol. The molecule has 0 bridgehead atoms. The Morgan fingerprint density at radius 2 is 1.94 bits per heavy atom. The van der Waals surface area contributed by atoms with Crippen LogP contribution < -0.4 is 5.32 Å². The van der Waals surface area contributed by atoms with E-state index in [4.69, 9.17) is 0 Å². The van der Waals surface area contributed by atoms with Crippen LogP contribution in [0.15, 0.2) is 0 Å². The molecule has 1 unspecified atom stereocenters. The minimum atomic E-state index is -0.731. The summed E-state index contributed by atoms with van der Waals surface area (Å²) in [6.45, 7) is 5.36. The molecule has 0 aromatic rings. The summed E-state index contributed by atoms with van der Waals surface area (Å²) in [5.74, 6) is -0.0256. The van der Waals surface area contributed by atoms with E-state index in [0.717, 1.165) is 19.3 Å². The number of nitrogens with one attached hydrogen (secondary N) is 1. The van der Waals surface area contributed by atoms with Gasteiger partial charge in [-0.05, 0) is 13.3 Å². The summed E-state index contributed by atoms with van der Waals surface area (Å²) in [6, 6.07) is -0.288. The number of hydrogen-bond donors (Lipinski definition) is 3. The predicted octanol–water partition coefficient (Wildman–Crippen LogP) is -0.281. The van der Waals surface area contributed by atoms with E-state index in [2.05, 4.69) is 12.2 Å². The first kappa shape index (κ1) is 14.4. The molecule has 5 heteroatoms. The zero-order valence-corrected chi connectivity index (χ0v) is 10.7. The lowest BCUT2D eigenvalue weighted by Crippen LogP contribution is -2.44. The summed E-state index contributed by atoms with van der Waals surface area (Å²) in [4.78, 5) is 13.6. The van der Waals surface area contributed by atoms with Crippen LogP contribution >= 0.6 is 0 Å². The number of carbonyl (C=O) groups excluding carboxylic acids is 1. The number of likely N-dealkylation sites (tertiary alicyclic amines) is 1. The van der Waals surface area contributed by atoms with Crippen molar-refractivity contribution in [3.05, 3.63) is 0 Å². The number of amides is 1. The fourth-order valence-electron chi connectivity index (χ4n) is 2.01. The molecule has 0 aliphatic carbocycles. The van der Waals surface area contributed by atoms with Gasteiger partial charge >= 0.3 is 0 Å². The number of aliphatic hydroxyl groups is 2. The van der Waals surface area contributed by atoms with Crippen molar-refractivity contribution >= 4 is 5.91 Å². The minimum absolute atomic E-state index is 0.0256. The Morgan fingerprint density at radius 1 is 1.35 bits per heavy atom. The lowest BCUT2D eigenvalue weighted by molar-refractivity contribution is -0.125. The van der Waals surface area contributed by atoms with E-state index in [0.29, 0.717) is 19.6 Å². The quantitative estimate of drug-likeness (QED) is 0.562. The van der Waals surface area contributed by atoms with Gasteiger partial charge in [-0.25, -0.2) is 0 Å². The Morgan fingerprint density at radius 3 is 2.47 bits per heavy atom. The van der Waals surface area contributed by atoms with Gasteiger partial charge in [0.05, 0.1) is 18.2 Å². The van der Waals surface area contributed by atoms with Crippen molar-refractivity contribution in [2.45, 2.75) is 51.4 Å². The van der Waals surface area contributed by atoms with Gasteiger partial charge < -0.3 is 15.5 Å². The Labute approximate surface area is 103 Å². The molecule has 1 heterocycles. The van der Waals surface area contributed by atoms with E-state index < -0.39 is 12.2 Å². The van der Waals surface area contributed by atoms with Crippen molar-refractivity contribution in [1.82, 2.24) is 10.2 Å². The van der Waals surface area contributed by atoms with Gasteiger partial charge in [-0.15, -0.1) is 0 Å². The average Bonchev–Trinajstić information content (AvgIpc) is 2.64. The number of unbranched alkanes of at least 4 members (excludes halogenated alkanes) is 2. The zero-order valence-electron chi connectivity index (χ0n) is 10.7. The molecule has 1 amide bonds. The van der Waals surface area contributed by atoms with Gasteiger partial charge in [-0.2, -0.15) is 0 Å². The van der Waals surface area contributed by atoms with Crippen molar-refractivity contribution in [2.24, 2.45) is 0 Å². The summed E-state index contributed by atoms with van der Waals surface area (Å²) >= 11 is 0. The van der Waals surface area contributed by atoms with Crippen molar-refractivity contribution in [3.8, 4) is 0 Å². The van der Waals surface area contributed by atoms with E-state index in [1.54, 1.807) is 6.92 Å². The van der Waals surface area contributed by atoms with Crippen LogP contribution in [0.1, 0.15) is 33.1 Å². The summed E-state index contributed by atoms with van der Waals surface area (Å²) in [5.41, 5.74) is 0. The number of hydrogen-bond acceptors (Lipinski definition) is 4. The van der Waals surface area contributed by atoms with Crippen molar-refractivity contribution in [3.63, 3.8) is 0 Å². The molecule has 0 radical (unpaired) electrons. The third-order valence-corrected chi connectivity index (χ3v) is 3.29. The van der Waals surface area contributed by atoms with Gasteiger partial charge in [0.2, 0.25) is 5.91 Å². The molecular formula is C12H24N2O3. The van der Waals surface area contributed by atoms with Gasteiger partial charge in [-0.3, -0.25) is 9.69 Å². The summed E-state index contributed by atoms with van der Waals surface area (Å²) in [7, 11) is 0. The molecule has 1 rings (SSSR count). The molecule has 0 aromatic heterocycles. The summed E-state index contributed by atoms with van der Waals surface area (Å²) in [5, 5.41) is 21.7. The van der Waals surface area contributed by atoms with Gasteiger partial charge in [0.15, 0.2) is 0 Å². The highest BCUT2D eigenvalue weighted by Crippen LogP contribution is 2.13. The number of nitrogens with zero attached hydrogens (tertiary/aromatic N) is 1. The van der Waals surface area contributed by atoms with E-state index in [1.807, 2.05) is 4.90 Å². The predicted molar refractivity (Wildman–Crippen MR) is 65.6 cm³/mol. The van der Waals surface area contributed by atoms with Crippen LogP contribution in [0, 0.1) is 0 Å². The number of aliphatic hydroxyl groups excluding tert-OH is 2. The molecule has 3 N–H and O–H groups in total. The first-order chi connectivity index (χ1) is 8.06. The molecule has 3 atom stereocenters. The standard InChI is InChI=1S/C12H24N2O3/c1-3-4-5-6-13-12(17)9(2)14-7-10(15)11(16)8-14/h9-11,15-16H,3-8H2,1-2H3,(H,13,17)/t9?,10-,11+. The number of β-amino-alcohol motifs (C(OH)–C–C–N with tert-alkyl or cyclic N) is 2.